The van der Waals surface area contributed by atoms with Gasteiger partial charge in [0, 0.05) is 49.5 Å². The summed E-state index contributed by atoms with van der Waals surface area (Å²) in [6.45, 7) is 4.52. The van der Waals surface area contributed by atoms with Crippen molar-refractivity contribution in [3.8, 4) is 0 Å². The number of halogens is 1. The molecule has 0 saturated heterocycles. The zero-order chi connectivity index (χ0) is 22.8. The number of nitrogens with zero attached hydrogens (tertiary/aromatic N) is 2. The van der Waals surface area contributed by atoms with Crippen LogP contribution in [0, 0.1) is 11.8 Å². The second-order valence-corrected chi connectivity index (χ2v) is 11.0. The number of nitrogens with one attached hydrogen (secondary N) is 1. The summed E-state index contributed by atoms with van der Waals surface area (Å²) in [5.41, 5.74) is 2.41. The molecule has 168 valence electrons. The van der Waals surface area contributed by atoms with E-state index in [-0.39, 0.29) is 29.2 Å². The molecule has 0 atom stereocenters. The summed E-state index contributed by atoms with van der Waals surface area (Å²) >= 11 is 6.06. The standard InChI is InChI=1S/C23H30ClN3O3S/c1-16(2)14-27(31(29,30)21-7-5-6-19(24)13-21)15-18-12-20(10-11-22(18)26(3)4)25-23(28)17-8-9-17/h5-7,10-13,16-17H,8-9,14-15H2,1-4H3,(H,25,28). The van der Waals surface area contributed by atoms with E-state index in [9.17, 15) is 13.2 Å². The van der Waals surface area contributed by atoms with Gasteiger partial charge in [-0.25, -0.2) is 8.42 Å². The van der Waals surface area contributed by atoms with Crippen LogP contribution in [-0.2, 0) is 21.4 Å². The smallest absolute Gasteiger partial charge is 0.243 e. The Morgan fingerprint density at radius 3 is 2.45 bits per heavy atom. The fourth-order valence-corrected chi connectivity index (χ4v) is 5.32. The average molecular weight is 464 g/mol. The maximum atomic E-state index is 13.4. The van der Waals surface area contributed by atoms with Gasteiger partial charge < -0.3 is 10.2 Å². The quantitative estimate of drug-likeness (QED) is 0.590. The van der Waals surface area contributed by atoms with E-state index < -0.39 is 10.0 Å². The number of hydrogen-bond acceptors (Lipinski definition) is 4. The molecule has 6 nitrogen and oxygen atoms in total. The van der Waals surface area contributed by atoms with E-state index in [1.54, 1.807) is 18.2 Å². The number of rotatable bonds is 9. The number of benzene rings is 2. The molecule has 3 rings (SSSR count). The molecule has 0 aliphatic heterocycles. The van der Waals surface area contributed by atoms with Gasteiger partial charge in [-0.1, -0.05) is 31.5 Å². The van der Waals surface area contributed by atoms with Gasteiger partial charge in [0.1, 0.15) is 0 Å². The van der Waals surface area contributed by atoms with Gasteiger partial charge in [0.15, 0.2) is 0 Å². The Morgan fingerprint density at radius 1 is 1.16 bits per heavy atom. The lowest BCUT2D eigenvalue weighted by molar-refractivity contribution is -0.117. The third-order valence-electron chi connectivity index (χ3n) is 5.13. The Bertz CT molecular complexity index is 1050. The number of anilines is 2. The van der Waals surface area contributed by atoms with Crippen LogP contribution in [0.25, 0.3) is 0 Å². The van der Waals surface area contributed by atoms with Gasteiger partial charge in [0.05, 0.1) is 4.90 Å². The summed E-state index contributed by atoms with van der Waals surface area (Å²) in [4.78, 5) is 14.3. The molecule has 8 heteroatoms. The van der Waals surface area contributed by atoms with Crippen LogP contribution in [0.4, 0.5) is 11.4 Å². The lowest BCUT2D eigenvalue weighted by atomic mass is 10.1. The highest BCUT2D eigenvalue weighted by molar-refractivity contribution is 7.89. The number of hydrogen-bond donors (Lipinski definition) is 1. The largest absolute Gasteiger partial charge is 0.377 e. The summed E-state index contributed by atoms with van der Waals surface area (Å²) in [5.74, 6) is 0.251. The summed E-state index contributed by atoms with van der Waals surface area (Å²) in [6.07, 6.45) is 1.85. The summed E-state index contributed by atoms with van der Waals surface area (Å²) in [6, 6.07) is 12.0. The highest BCUT2D eigenvalue weighted by atomic mass is 35.5. The van der Waals surface area contributed by atoms with Crippen molar-refractivity contribution in [2.45, 2.75) is 38.1 Å². The molecular weight excluding hydrogens is 434 g/mol. The van der Waals surface area contributed by atoms with Crippen LogP contribution in [0.5, 0.6) is 0 Å². The van der Waals surface area contributed by atoms with E-state index in [1.807, 2.05) is 51.0 Å². The summed E-state index contributed by atoms with van der Waals surface area (Å²) in [7, 11) is 0.0768. The van der Waals surface area contributed by atoms with E-state index in [0.717, 1.165) is 24.1 Å². The van der Waals surface area contributed by atoms with E-state index in [1.165, 1.54) is 10.4 Å². The molecule has 0 aromatic heterocycles. The Kier molecular flexibility index (Phi) is 7.29. The van der Waals surface area contributed by atoms with Crippen molar-refractivity contribution in [2.24, 2.45) is 11.8 Å². The topological polar surface area (TPSA) is 69.7 Å². The van der Waals surface area contributed by atoms with Crippen molar-refractivity contribution in [1.29, 1.82) is 0 Å². The molecule has 0 heterocycles. The maximum absolute atomic E-state index is 13.4. The van der Waals surface area contributed by atoms with Gasteiger partial charge in [0.25, 0.3) is 0 Å². The highest BCUT2D eigenvalue weighted by Crippen LogP contribution is 2.32. The SMILES string of the molecule is CC(C)CN(Cc1cc(NC(=O)C2CC2)ccc1N(C)C)S(=O)(=O)c1cccc(Cl)c1. The van der Waals surface area contributed by atoms with Crippen LogP contribution in [0.2, 0.25) is 5.02 Å². The normalized spacial score (nSPS) is 14.2. The first-order chi connectivity index (χ1) is 14.6. The molecule has 2 aromatic carbocycles. The Morgan fingerprint density at radius 2 is 1.87 bits per heavy atom. The molecule has 0 bridgehead atoms. The molecular formula is C23H30ClN3O3S. The first-order valence-corrected chi connectivity index (χ1v) is 12.3. The second-order valence-electron chi connectivity index (χ2n) is 8.65. The summed E-state index contributed by atoms with van der Waals surface area (Å²) < 4.78 is 28.4. The Hall–Kier alpha value is -2.09. The molecule has 1 aliphatic rings. The Labute approximate surface area is 190 Å². The van der Waals surface area contributed by atoms with Gasteiger partial charge in [0.2, 0.25) is 15.9 Å². The summed E-state index contributed by atoms with van der Waals surface area (Å²) in [5, 5.41) is 3.34. The van der Waals surface area contributed by atoms with Gasteiger partial charge in [-0.3, -0.25) is 4.79 Å². The molecule has 1 amide bonds. The van der Waals surface area contributed by atoms with E-state index in [4.69, 9.17) is 11.6 Å². The fraction of sp³-hybridized carbons (Fsp3) is 0.435. The van der Waals surface area contributed by atoms with Gasteiger partial charge in [-0.05, 0) is 60.7 Å². The first kappa shape index (κ1) is 23.6. The monoisotopic (exact) mass is 463 g/mol. The third-order valence-corrected chi connectivity index (χ3v) is 7.17. The third kappa shape index (κ3) is 5.99. The van der Waals surface area contributed by atoms with E-state index in [2.05, 4.69) is 5.32 Å². The van der Waals surface area contributed by atoms with Crippen molar-refractivity contribution in [3.63, 3.8) is 0 Å². The number of carbonyl (C=O) groups excluding carboxylic acids is 1. The van der Waals surface area contributed by atoms with Crippen LogP contribution in [-0.4, -0.2) is 39.3 Å². The minimum absolute atomic E-state index is 0.0224. The molecule has 1 N–H and O–H groups in total. The number of carbonyl (C=O) groups is 1. The first-order valence-electron chi connectivity index (χ1n) is 10.4. The van der Waals surface area contributed by atoms with Crippen molar-refractivity contribution < 1.29 is 13.2 Å². The Balaban J connectivity index is 1.96. The molecule has 1 aliphatic carbocycles. The van der Waals surface area contributed by atoms with Crippen LogP contribution < -0.4 is 10.2 Å². The fourth-order valence-electron chi connectivity index (χ4n) is 3.44. The molecule has 0 unspecified atom stereocenters. The molecule has 0 spiro atoms. The maximum Gasteiger partial charge on any atom is 0.243 e. The van der Waals surface area contributed by atoms with Crippen molar-refractivity contribution >= 4 is 38.9 Å². The van der Waals surface area contributed by atoms with Crippen molar-refractivity contribution in [1.82, 2.24) is 4.31 Å². The van der Waals surface area contributed by atoms with Gasteiger partial charge in [-0.2, -0.15) is 4.31 Å². The molecule has 1 fully saturated rings. The van der Waals surface area contributed by atoms with Crippen LogP contribution in [0.15, 0.2) is 47.4 Å². The lowest BCUT2D eigenvalue weighted by Gasteiger charge is -2.27. The lowest BCUT2D eigenvalue weighted by Crippen LogP contribution is -2.34. The van der Waals surface area contributed by atoms with Gasteiger partial charge >= 0.3 is 0 Å². The molecule has 1 saturated carbocycles. The van der Waals surface area contributed by atoms with E-state index in [0.29, 0.717) is 17.3 Å². The van der Waals surface area contributed by atoms with Crippen molar-refractivity contribution in [2.75, 3.05) is 30.9 Å². The predicted molar refractivity (Wildman–Crippen MR) is 126 cm³/mol. The molecule has 0 radical (unpaired) electrons. The van der Waals surface area contributed by atoms with E-state index >= 15 is 0 Å². The minimum Gasteiger partial charge on any atom is -0.377 e. The van der Waals surface area contributed by atoms with Crippen molar-refractivity contribution in [3.05, 3.63) is 53.1 Å². The average Bonchev–Trinajstić information content (AvgIpc) is 3.52. The molecule has 2 aromatic rings. The van der Waals surface area contributed by atoms with Crippen LogP contribution in [0.1, 0.15) is 32.3 Å². The van der Waals surface area contributed by atoms with Crippen LogP contribution in [0.3, 0.4) is 0 Å². The molecule has 31 heavy (non-hydrogen) atoms. The highest BCUT2D eigenvalue weighted by Gasteiger charge is 2.30. The zero-order valence-corrected chi connectivity index (χ0v) is 20.0. The second kappa shape index (κ2) is 9.59. The number of sulfonamides is 1. The van der Waals surface area contributed by atoms with Crippen LogP contribution >= 0.6 is 11.6 Å². The zero-order valence-electron chi connectivity index (χ0n) is 18.4. The number of amides is 1. The predicted octanol–water partition coefficient (Wildman–Crippen LogP) is 4.60. The van der Waals surface area contributed by atoms with Gasteiger partial charge in [-0.15, -0.1) is 0 Å². The minimum atomic E-state index is -3.76.